The van der Waals surface area contributed by atoms with E-state index in [1.165, 1.54) is 16.7 Å². The number of aryl methyl sites for hydroxylation is 2. The fourth-order valence-corrected chi connectivity index (χ4v) is 2.40. The van der Waals surface area contributed by atoms with Crippen molar-refractivity contribution in [2.75, 3.05) is 19.8 Å². The van der Waals surface area contributed by atoms with Gasteiger partial charge in [-0.1, -0.05) is 23.8 Å². The smallest absolute Gasteiger partial charge is 0.232 e. The second-order valence-electron chi connectivity index (χ2n) is 4.21. The van der Waals surface area contributed by atoms with Crippen molar-refractivity contribution in [2.24, 2.45) is 0 Å². The molecule has 0 heterocycles. The van der Waals surface area contributed by atoms with Crippen LogP contribution in [0, 0.1) is 13.8 Å². The van der Waals surface area contributed by atoms with Gasteiger partial charge in [0.1, 0.15) is 0 Å². The van der Waals surface area contributed by atoms with Crippen molar-refractivity contribution in [3.8, 4) is 0 Å². The number of amides is 1. The number of benzene rings is 1. The summed E-state index contributed by atoms with van der Waals surface area (Å²) in [6.45, 7) is 4.21. The number of rotatable bonds is 4. The van der Waals surface area contributed by atoms with Crippen LogP contribution < -0.4 is 0 Å². The lowest BCUT2D eigenvalue weighted by atomic mass is 10.1. The van der Waals surface area contributed by atoms with Crippen LogP contribution in [-0.4, -0.2) is 30.7 Å². The highest BCUT2D eigenvalue weighted by Crippen LogP contribution is 2.17. The Balaban J connectivity index is 2.49. The molecule has 1 aromatic rings. The highest BCUT2D eigenvalue weighted by Gasteiger charge is 2.05. The summed E-state index contributed by atoms with van der Waals surface area (Å²) in [7, 11) is 3.58. The third-order valence-electron chi connectivity index (χ3n) is 2.49. The molecule has 0 aliphatic rings. The molecule has 1 rings (SSSR count). The fourth-order valence-electron chi connectivity index (χ4n) is 1.33. The van der Waals surface area contributed by atoms with Gasteiger partial charge in [-0.25, -0.2) is 0 Å². The van der Waals surface area contributed by atoms with E-state index in [0.717, 1.165) is 5.75 Å². The molecule has 0 saturated carbocycles. The predicted molar refractivity (Wildman–Crippen MR) is 70.8 cm³/mol. The molecule has 0 aliphatic carbocycles. The maximum absolute atomic E-state index is 11.4. The molecule has 16 heavy (non-hydrogen) atoms. The minimum absolute atomic E-state index is 0.176. The van der Waals surface area contributed by atoms with Gasteiger partial charge in [-0.15, -0.1) is 11.8 Å². The first-order valence-electron chi connectivity index (χ1n) is 5.34. The number of carbonyl (C=O) groups excluding carboxylic acids is 1. The molecule has 2 nitrogen and oxygen atoms in total. The molecule has 0 bridgehead atoms. The van der Waals surface area contributed by atoms with Gasteiger partial charge in [0.15, 0.2) is 0 Å². The van der Waals surface area contributed by atoms with Crippen molar-refractivity contribution in [1.82, 2.24) is 4.90 Å². The summed E-state index contributed by atoms with van der Waals surface area (Å²) in [5.41, 5.74) is 3.91. The zero-order valence-electron chi connectivity index (χ0n) is 10.4. The number of hydrogen-bond donors (Lipinski definition) is 0. The van der Waals surface area contributed by atoms with E-state index in [0.29, 0.717) is 5.75 Å². The predicted octanol–water partition coefficient (Wildman–Crippen LogP) is 2.62. The Morgan fingerprint density at radius 3 is 2.62 bits per heavy atom. The third kappa shape index (κ3) is 3.89. The van der Waals surface area contributed by atoms with Crippen LogP contribution in [0.2, 0.25) is 0 Å². The average Bonchev–Trinajstić information content (AvgIpc) is 2.22. The van der Waals surface area contributed by atoms with E-state index in [1.807, 2.05) is 0 Å². The summed E-state index contributed by atoms with van der Waals surface area (Å²) in [5, 5.41) is 0. The fraction of sp³-hybridized carbons (Fsp3) is 0.462. The van der Waals surface area contributed by atoms with Crippen LogP contribution in [0.25, 0.3) is 0 Å². The molecule has 0 N–H and O–H groups in total. The molecule has 1 amide bonds. The molecule has 0 radical (unpaired) electrons. The lowest BCUT2D eigenvalue weighted by Gasteiger charge is -2.10. The number of hydrogen-bond acceptors (Lipinski definition) is 2. The summed E-state index contributed by atoms with van der Waals surface area (Å²) in [5.74, 6) is 1.64. The molecule has 0 aliphatic heterocycles. The van der Waals surface area contributed by atoms with Crippen LogP contribution in [0.4, 0.5) is 0 Å². The van der Waals surface area contributed by atoms with Crippen LogP contribution in [0.5, 0.6) is 0 Å². The summed E-state index contributed by atoms with van der Waals surface area (Å²) < 4.78 is 0. The molecule has 0 atom stereocenters. The molecule has 0 aromatic heterocycles. The van der Waals surface area contributed by atoms with E-state index < -0.39 is 0 Å². The van der Waals surface area contributed by atoms with E-state index in [2.05, 4.69) is 32.0 Å². The summed E-state index contributed by atoms with van der Waals surface area (Å²) in [4.78, 5) is 13.0. The highest BCUT2D eigenvalue weighted by molar-refractivity contribution is 7.99. The topological polar surface area (TPSA) is 20.3 Å². The van der Waals surface area contributed by atoms with Gasteiger partial charge < -0.3 is 4.90 Å². The monoisotopic (exact) mass is 237 g/mol. The normalized spacial score (nSPS) is 10.2. The largest absolute Gasteiger partial charge is 0.348 e. The third-order valence-corrected chi connectivity index (χ3v) is 3.45. The van der Waals surface area contributed by atoms with E-state index in [1.54, 1.807) is 30.8 Å². The Labute approximate surface area is 102 Å². The molecule has 1 aromatic carbocycles. The first-order valence-corrected chi connectivity index (χ1v) is 6.50. The second-order valence-corrected chi connectivity index (χ2v) is 5.20. The number of nitrogens with zero attached hydrogens (tertiary/aromatic N) is 1. The standard InChI is InChI=1S/C13H19NOS/c1-10-5-6-11(2)12(7-10)8-16-9-13(15)14(3)4/h5-7H,8-9H2,1-4H3. The molecular formula is C13H19NOS. The van der Waals surface area contributed by atoms with Gasteiger partial charge in [-0.2, -0.15) is 0 Å². The van der Waals surface area contributed by atoms with Crippen LogP contribution in [0.3, 0.4) is 0 Å². The minimum atomic E-state index is 0.176. The van der Waals surface area contributed by atoms with Gasteiger partial charge in [0.05, 0.1) is 5.75 Å². The first-order chi connectivity index (χ1) is 7.50. The summed E-state index contributed by atoms with van der Waals surface area (Å²) in [6, 6.07) is 6.45. The van der Waals surface area contributed by atoms with Crippen molar-refractivity contribution < 1.29 is 4.79 Å². The maximum Gasteiger partial charge on any atom is 0.232 e. The maximum atomic E-state index is 11.4. The Kier molecular flexibility index (Phi) is 4.87. The van der Waals surface area contributed by atoms with Crippen molar-refractivity contribution in [3.05, 3.63) is 34.9 Å². The SMILES string of the molecule is Cc1ccc(C)c(CSCC(=O)N(C)C)c1. The second kappa shape index (κ2) is 5.94. The van der Waals surface area contributed by atoms with Gasteiger partial charge in [-0.05, 0) is 25.0 Å². The zero-order valence-corrected chi connectivity index (χ0v) is 11.2. The average molecular weight is 237 g/mol. The van der Waals surface area contributed by atoms with E-state index in [9.17, 15) is 4.79 Å². The van der Waals surface area contributed by atoms with Crippen LogP contribution in [-0.2, 0) is 10.5 Å². The van der Waals surface area contributed by atoms with Gasteiger partial charge >= 0.3 is 0 Å². The van der Waals surface area contributed by atoms with E-state index in [-0.39, 0.29) is 5.91 Å². The van der Waals surface area contributed by atoms with Crippen molar-refractivity contribution in [3.63, 3.8) is 0 Å². The van der Waals surface area contributed by atoms with Gasteiger partial charge in [0.25, 0.3) is 0 Å². The lowest BCUT2D eigenvalue weighted by molar-refractivity contribution is -0.125. The molecule has 0 spiro atoms. The van der Waals surface area contributed by atoms with Crippen molar-refractivity contribution in [1.29, 1.82) is 0 Å². The highest BCUT2D eigenvalue weighted by atomic mass is 32.2. The van der Waals surface area contributed by atoms with Gasteiger partial charge in [0.2, 0.25) is 5.91 Å². The Morgan fingerprint density at radius 2 is 2.00 bits per heavy atom. The van der Waals surface area contributed by atoms with E-state index >= 15 is 0 Å². The van der Waals surface area contributed by atoms with Gasteiger partial charge in [0, 0.05) is 19.8 Å². The Morgan fingerprint density at radius 1 is 1.31 bits per heavy atom. The molecule has 3 heteroatoms. The summed E-state index contributed by atoms with van der Waals surface area (Å²) in [6.07, 6.45) is 0. The van der Waals surface area contributed by atoms with Crippen LogP contribution >= 0.6 is 11.8 Å². The molecule has 0 unspecified atom stereocenters. The van der Waals surface area contributed by atoms with Gasteiger partial charge in [-0.3, -0.25) is 4.79 Å². The molecule has 0 saturated heterocycles. The lowest BCUT2D eigenvalue weighted by Crippen LogP contribution is -2.23. The number of thioether (sulfide) groups is 1. The van der Waals surface area contributed by atoms with Crippen LogP contribution in [0.15, 0.2) is 18.2 Å². The van der Waals surface area contributed by atoms with E-state index in [4.69, 9.17) is 0 Å². The first kappa shape index (κ1) is 13.1. The number of carbonyl (C=O) groups is 1. The Hall–Kier alpha value is -0.960. The van der Waals surface area contributed by atoms with Crippen molar-refractivity contribution in [2.45, 2.75) is 19.6 Å². The molecular weight excluding hydrogens is 218 g/mol. The van der Waals surface area contributed by atoms with Crippen LogP contribution in [0.1, 0.15) is 16.7 Å². The molecule has 88 valence electrons. The minimum Gasteiger partial charge on any atom is -0.348 e. The quantitative estimate of drug-likeness (QED) is 0.802. The zero-order chi connectivity index (χ0) is 12.1. The Bertz CT molecular complexity index is 374. The molecule has 0 fully saturated rings. The van der Waals surface area contributed by atoms with Crippen molar-refractivity contribution >= 4 is 17.7 Å². The summed E-state index contributed by atoms with van der Waals surface area (Å²) >= 11 is 1.67.